The summed E-state index contributed by atoms with van der Waals surface area (Å²) in [5.74, 6) is -0.0515. The first kappa shape index (κ1) is 11.0. The van der Waals surface area contributed by atoms with E-state index in [-0.39, 0.29) is 5.91 Å². The van der Waals surface area contributed by atoms with Crippen molar-refractivity contribution in [1.29, 1.82) is 0 Å². The SMILES string of the molecule is C=C(C)C(=C)C(=O)NC1CCCCC1. The lowest BCUT2D eigenvalue weighted by atomic mass is 9.95. The summed E-state index contributed by atoms with van der Waals surface area (Å²) < 4.78 is 0. The van der Waals surface area contributed by atoms with Crippen LogP contribution in [0.25, 0.3) is 0 Å². The number of rotatable bonds is 3. The molecule has 0 radical (unpaired) electrons. The molecule has 1 fully saturated rings. The molecule has 78 valence electrons. The van der Waals surface area contributed by atoms with Gasteiger partial charge < -0.3 is 5.32 Å². The van der Waals surface area contributed by atoms with Gasteiger partial charge in [-0.15, -0.1) is 0 Å². The van der Waals surface area contributed by atoms with Gasteiger partial charge in [0.1, 0.15) is 0 Å². The topological polar surface area (TPSA) is 29.1 Å². The molecule has 1 rings (SSSR count). The van der Waals surface area contributed by atoms with Crippen LogP contribution in [-0.4, -0.2) is 11.9 Å². The molecule has 2 heteroatoms. The lowest BCUT2D eigenvalue weighted by Gasteiger charge is -2.23. The van der Waals surface area contributed by atoms with Crippen LogP contribution in [0.5, 0.6) is 0 Å². The maximum absolute atomic E-state index is 11.6. The summed E-state index contributed by atoms with van der Waals surface area (Å²) in [6, 6.07) is 0.354. The van der Waals surface area contributed by atoms with Crippen LogP contribution < -0.4 is 5.32 Å². The van der Waals surface area contributed by atoms with E-state index in [4.69, 9.17) is 0 Å². The summed E-state index contributed by atoms with van der Waals surface area (Å²) in [5.41, 5.74) is 1.26. The fraction of sp³-hybridized carbons (Fsp3) is 0.583. The lowest BCUT2D eigenvalue weighted by molar-refractivity contribution is -0.118. The van der Waals surface area contributed by atoms with E-state index in [1.165, 1.54) is 19.3 Å². The summed E-state index contributed by atoms with van der Waals surface area (Å²) in [4.78, 5) is 11.6. The summed E-state index contributed by atoms with van der Waals surface area (Å²) in [5, 5.41) is 3.00. The third-order valence-electron chi connectivity index (χ3n) is 2.73. The first-order valence-electron chi connectivity index (χ1n) is 5.27. The fourth-order valence-corrected chi connectivity index (χ4v) is 1.71. The van der Waals surface area contributed by atoms with Crippen LogP contribution in [0.2, 0.25) is 0 Å². The van der Waals surface area contributed by atoms with E-state index >= 15 is 0 Å². The second kappa shape index (κ2) is 4.99. The second-order valence-electron chi connectivity index (χ2n) is 4.07. The van der Waals surface area contributed by atoms with Crippen molar-refractivity contribution in [1.82, 2.24) is 5.32 Å². The first-order valence-corrected chi connectivity index (χ1v) is 5.27. The van der Waals surface area contributed by atoms with Gasteiger partial charge in [0.15, 0.2) is 0 Å². The Labute approximate surface area is 86.1 Å². The number of carbonyl (C=O) groups excluding carboxylic acids is 1. The van der Waals surface area contributed by atoms with Crippen molar-refractivity contribution in [2.45, 2.75) is 45.1 Å². The minimum absolute atomic E-state index is 0.0515. The van der Waals surface area contributed by atoms with E-state index in [9.17, 15) is 4.79 Å². The highest BCUT2D eigenvalue weighted by Crippen LogP contribution is 2.18. The molecule has 0 aromatic rings. The van der Waals surface area contributed by atoms with Crippen LogP contribution >= 0.6 is 0 Å². The van der Waals surface area contributed by atoms with Gasteiger partial charge in [-0.25, -0.2) is 0 Å². The van der Waals surface area contributed by atoms with Crippen LogP contribution in [0.4, 0.5) is 0 Å². The van der Waals surface area contributed by atoms with Gasteiger partial charge in [-0.1, -0.05) is 32.4 Å². The number of hydrogen-bond donors (Lipinski definition) is 1. The molecule has 0 spiro atoms. The Balaban J connectivity index is 2.39. The van der Waals surface area contributed by atoms with Crippen LogP contribution in [0.3, 0.4) is 0 Å². The Hall–Kier alpha value is -1.05. The van der Waals surface area contributed by atoms with Crippen molar-refractivity contribution in [3.05, 3.63) is 24.3 Å². The molecule has 0 aromatic heterocycles. The Kier molecular flexibility index (Phi) is 3.93. The molecular weight excluding hydrogens is 174 g/mol. The summed E-state index contributed by atoms with van der Waals surface area (Å²) in [7, 11) is 0. The van der Waals surface area contributed by atoms with Crippen molar-refractivity contribution >= 4 is 5.91 Å². The molecular formula is C12H19NO. The van der Waals surface area contributed by atoms with E-state index in [1.807, 2.05) is 6.92 Å². The van der Waals surface area contributed by atoms with Crippen LogP contribution in [0, 0.1) is 0 Å². The monoisotopic (exact) mass is 193 g/mol. The highest BCUT2D eigenvalue weighted by Gasteiger charge is 2.16. The van der Waals surface area contributed by atoms with Gasteiger partial charge in [0.05, 0.1) is 0 Å². The highest BCUT2D eigenvalue weighted by atomic mass is 16.1. The Morgan fingerprint density at radius 3 is 2.29 bits per heavy atom. The molecule has 0 aliphatic heterocycles. The smallest absolute Gasteiger partial charge is 0.251 e. The van der Waals surface area contributed by atoms with Gasteiger partial charge in [0.2, 0.25) is 0 Å². The number of carbonyl (C=O) groups is 1. The molecule has 1 N–H and O–H groups in total. The molecule has 0 saturated heterocycles. The highest BCUT2D eigenvalue weighted by molar-refractivity contribution is 5.96. The van der Waals surface area contributed by atoms with Crippen LogP contribution in [0.15, 0.2) is 24.3 Å². The van der Waals surface area contributed by atoms with E-state index in [0.717, 1.165) is 18.4 Å². The molecule has 0 atom stereocenters. The van der Waals surface area contributed by atoms with Gasteiger partial charge in [-0.05, 0) is 25.3 Å². The minimum atomic E-state index is -0.0515. The predicted molar refractivity (Wildman–Crippen MR) is 59.0 cm³/mol. The fourth-order valence-electron chi connectivity index (χ4n) is 1.71. The number of amides is 1. The minimum Gasteiger partial charge on any atom is -0.349 e. The number of nitrogens with one attached hydrogen (secondary N) is 1. The molecule has 1 amide bonds. The van der Waals surface area contributed by atoms with Crippen molar-refractivity contribution in [3.63, 3.8) is 0 Å². The quantitative estimate of drug-likeness (QED) is 0.541. The molecule has 0 unspecified atom stereocenters. The third kappa shape index (κ3) is 3.02. The zero-order valence-electron chi connectivity index (χ0n) is 8.94. The Morgan fingerprint density at radius 2 is 1.79 bits per heavy atom. The van der Waals surface area contributed by atoms with Crippen molar-refractivity contribution in [3.8, 4) is 0 Å². The molecule has 0 heterocycles. The van der Waals surface area contributed by atoms with Gasteiger partial charge in [-0.3, -0.25) is 4.79 Å². The number of hydrogen-bond acceptors (Lipinski definition) is 1. The molecule has 0 aromatic carbocycles. The van der Waals surface area contributed by atoms with Crippen LogP contribution in [0.1, 0.15) is 39.0 Å². The summed E-state index contributed by atoms with van der Waals surface area (Å²) >= 11 is 0. The predicted octanol–water partition coefficient (Wildman–Crippen LogP) is 2.57. The van der Waals surface area contributed by atoms with Crippen molar-refractivity contribution in [2.75, 3.05) is 0 Å². The van der Waals surface area contributed by atoms with Crippen molar-refractivity contribution in [2.24, 2.45) is 0 Å². The Bertz CT molecular complexity index is 249. The van der Waals surface area contributed by atoms with Crippen LogP contribution in [-0.2, 0) is 4.79 Å². The molecule has 0 bridgehead atoms. The molecule has 1 saturated carbocycles. The van der Waals surface area contributed by atoms with E-state index in [0.29, 0.717) is 11.6 Å². The zero-order chi connectivity index (χ0) is 10.6. The second-order valence-corrected chi connectivity index (χ2v) is 4.07. The normalized spacial score (nSPS) is 17.5. The average Bonchev–Trinajstić information content (AvgIpc) is 2.18. The van der Waals surface area contributed by atoms with E-state index < -0.39 is 0 Å². The van der Waals surface area contributed by atoms with Gasteiger partial charge >= 0.3 is 0 Å². The molecule has 2 nitrogen and oxygen atoms in total. The standard InChI is InChI=1S/C12H19NO/c1-9(2)10(3)12(14)13-11-7-5-4-6-8-11/h11H,1,3-8H2,2H3,(H,13,14). The van der Waals surface area contributed by atoms with Crippen molar-refractivity contribution < 1.29 is 4.79 Å². The van der Waals surface area contributed by atoms with Gasteiger partial charge in [-0.2, -0.15) is 0 Å². The largest absolute Gasteiger partial charge is 0.349 e. The maximum Gasteiger partial charge on any atom is 0.251 e. The summed E-state index contributed by atoms with van der Waals surface area (Å²) in [6.45, 7) is 9.23. The van der Waals surface area contributed by atoms with Gasteiger partial charge in [0, 0.05) is 11.6 Å². The molecule has 1 aliphatic rings. The van der Waals surface area contributed by atoms with Gasteiger partial charge in [0.25, 0.3) is 5.91 Å². The summed E-state index contributed by atoms with van der Waals surface area (Å²) in [6.07, 6.45) is 5.97. The van der Waals surface area contributed by atoms with E-state index in [2.05, 4.69) is 18.5 Å². The molecule has 14 heavy (non-hydrogen) atoms. The van der Waals surface area contributed by atoms with E-state index in [1.54, 1.807) is 0 Å². The molecule has 1 aliphatic carbocycles. The lowest BCUT2D eigenvalue weighted by Crippen LogP contribution is -2.36. The third-order valence-corrected chi connectivity index (χ3v) is 2.73. The average molecular weight is 193 g/mol. The Morgan fingerprint density at radius 1 is 1.21 bits per heavy atom. The maximum atomic E-state index is 11.6. The first-order chi connectivity index (χ1) is 6.61. The zero-order valence-corrected chi connectivity index (χ0v) is 8.94.